The first-order valence-electron chi connectivity index (χ1n) is 5.52. The summed E-state index contributed by atoms with van der Waals surface area (Å²) in [4.78, 5) is 31.8. The van der Waals surface area contributed by atoms with Gasteiger partial charge in [0.15, 0.2) is 0 Å². The maximum Gasteiger partial charge on any atom is 0.300 e. The topological polar surface area (TPSA) is 153 Å². The molecule has 1 rings (SSSR count). The van der Waals surface area contributed by atoms with E-state index in [-0.39, 0.29) is 17.3 Å². The van der Waals surface area contributed by atoms with Gasteiger partial charge in [0.05, 0.1) is 21.5 Å². The summed E-state index contributed by atoms with van der Waals surface area (Å²) in [5, 5.41) is 24.5. The predicted octanol–water partition coefficient (Wildman–Crippen LogP) is 0.927. The molecule has 0 heterocycles. The Hall–Kier alpha value is -2.75. The molecule has 0 fully saturated rings. The second kappa shape index (κ2) is 5.93. The third-order valence-electron chi connectivity index (χ3n) is 2.32. The smallest absolute Gasteiger partial charge is 0.300 e. The summed E-state index contributed by atoms with van der Waals surface area (Å²) < 4.78 is 0. The summed E-state index contributed by atoms with van der Waals surface area (Å²) in [6.07, 6.45) is 0. The highest BCUT2D eigenvalue weighted by atomic mass is 16.6. The molecule has 4 N–H and O–H groups in total. The number of amides is 1. The molecular weight excluding hydrogens is 270 g/mol. The number of nitrogens with zero attached hydrogens (tertiary/aromatic N) is 2. The molecular formula is C10H13N5O5. The highest BCUT2D eigenvalue weighted by molar-refractivity contribution is 6.02. The van der Waals surface area contributed by atoms with Crippen molar-refractivity contribution in [3.8, 4) is 0 Å². The van der Waals surface area contributed by atoms with Crippen molar-refractivity contribution in [2.75, 3.05) is 5.32 Å². The first-order valence-corrected chi connectivity index (χ1v) is 5.52. The normalized spacial score (nSPS) is 10.2. The molecule has 1 aromatic carbocycles. The number of nitrogen functional groups attached to an aromatic ring is 1. The molecule has 0 saturated heterocycles. The summed E-state index contributed by atoms with van der Waals surface area (Å²) in [6, 6.07) is 1.50. The van der Waals surface area contributed by atoms with Crippen molar-refractivity contribution >= 4 is 23.0 Å². The van der Waals surface area contributed by atoms with E-state index in [1.54, 1.807) is 19.3 Å². The molecule has 108 valence electrons. The third-order valence-corrected chi connectivity index (χ3v) is 2.32. The number of carbonyl (C=O) groups excluding carboxylic acids is 1. The van der Waals surface area contributed by atoms with Crippen LogP contribution in [0.4, 0.5) is 17.1 Å². The number of anilines is 1. The summed E-state index contributed by atoms with van der Waals surface area (Å²) in [6.45, 7) is 3.41. The number of nitrogens with two attached hydrogens (primary N) is 1. The molecule has 0 unspecified atom stereocenters. The fraction of sp³-hybridized carbons (Fsp3) is 0.300. The standard InChI is InChI=1S/C10H13N5O5/c1-5(2)12-9-7(10(16)13-11)3-6(14(17)18)4-8(9)15(19)20/h3-5,12H,11H2,1-2H3,(H,13,16). The Labute approximate surface area is 113 Å². The molecule has 10 nitrogen and oxygen atoms in total. The van der Waals surface area contributed by atoms with Crippen LogP contribution in [0, 0.1) is 20.2 Å². The number of non-ortho nitro benzene ring substituents is 1. The number of rotatable bonds is 5. The SMILES string of the molecule is CC(C)Nc1c(C(=O)NN)cc([N+](=O)[O-])cc1[N+](=O)[O-]. The van der Waals surface area contributed by atoms with Gasteiger partial charge in [0.1, 0.15) is 5.69 Å². The molecule has 0 spiro atoms. The van der Waals surface area contributed by atoms with Crippen LogP contribution < -0.4 is 16.6 Å². The average molecular weight is 283 g/mol. The molecule has 0 aromatic heterocycles. The van der Waals surface area contributed by atoms with Gasteiger partial charge in [0.25, 0.3) is 17.3 Å². The number of benzene rings is 1. The lowest BCUT2D eigenvalue weighted by atomic mass is 10.1. The quantitative estimate of drug-likeness (QED) is 0.314. The number of hydrazine groups is 1. The van der Waals surface area contributed by atoms with Gasteiger partial charge in [-0.25, -0.2) is 5.84 Å². The second-order valence-corrected chi connectivity index (χ2v) is 4.17. The van der Waals surface area contributed by atoms with E-state index in [4.69, 9.17) is 5.84 Å². The van der Waals surface area contributed by atoms with Crippen molar-refractivity contribution in [3.05, 3.63) is 37.9 Å². The molecule has 0 bridgehead atoms. The summed E-state index contributed by atoms with van der Waals surface area (Å²) in [5.41, 5.74) is 0.300. The first kappa shape index (κ1) is 15.3. The predicted molar refractivity (Wildman–Crippen MR) is 70.2 cm³/mol. The highest BCUT2D eigenvalue weighted by Gasteiger charge is 2.27. The lowest BCUT2D eigenvalue weighted by Gasteiger charge is -2.14. The van der Waals surface area contributed by atoms with Gasteiger partial charge in [-0.15, -0.1) is 0 Å². The Morgan fingerprint density at radius 2 is 1.85 bits per heavy atom. The van der Waals surface area contributed by atoms with Crippen molar-refractivity contribution in [1.29, 1.82) is 0 Å². The van der Waals surface area contributed by atoms with E-state index >= 15 is 0 Å². The lowest BCUT2D eigenvalue weighted by molar-refractivity contribution is -0.393. The fourth-order valence-corrected chi connectivity index (χ4v) is 1.56. The van der Waals surface area contributed by atoms with Gasteiger partial charge in [-0.3, -0.25) is 30.4 Å². The van der Waals surface area contributed by atoms with Crippen LogP contribution in [0.3, 0.4) is 0 Å². The van der Waals surface area contributed by atoms with Gasteiger partial charge in [0.2, 0.25) is 0 Å². The molecule has 1 amide bonds. The van der Waals surface area contributed by atoms with E-state index < -0.39 is 27.1 Å². The molecule has 1 aromatic rings. The maximum atomic E-state index is 11.6. The Bertz CT molecular complexity index is 571. The van der Waals surface area contributed by atoms with Crippen molar-refractivity contribution in [2.45, 2.75) is 19.9 Å². The van der Waals surface area contributed by atoms with Crippen LogP contribution in [-0.4, -0.2) is 21.8 Å². The van der Waals surface area contributed by atoms with Crippen LogP contribution in [-0.2, 0) is 0 Å². The summed E-state index contributed by atoms with van der Waals surface area (Å²) in [7, 11) is 0. The van der Waals surface area contributed by atoms with Gasteiger partial charge >= 0.3 is 0 Å². The zero-order chi connectivity index (χ0) is 15.4. The summed E-state index contributed by atoms with van der Waals surface area (Å²) >= 11 is 0. The number of hydrogen-bond donors (Lipinski definition) is 3. The minimum absolute atomic E-state index is 0.112. The third kappa shape index (κ3) is 3.17. The average Bonchev–Trinajstić information content (AvgIpc) is 2.36. The fourth-order valence-electron chi connectivity index (χ4n) is 1.56. The highest BCUT2D eigenvalue weighted by Crippen LogP contribution is 2.33. The Kier molecular flexibility index (Phi) is 4.54. The van der Waals surface area contributed by atoms with E-state index in [0.29, 0.717) is 0 Å². The monoisotopic (exact) mass is 283 g/mol. The molecule has 20 heavy (non-hydrogen) atoms. The molecule has 0 aliphatic rings. The van der Waals surface area contributed by atoms with Gasteiger partial charge in [-0.05, 0) is 13.8 Å². The van der Waals surface area contributed by atoms with Crippen LogP contribution in [0.1, 0.15) is 24.2 Å². The van der Waals surface area contributed by atoms with Crippen LogP contribution in [0.2, 0.25) is 0 Å². The number of hydrogen-bond acceptors (Lipinski definition) is 7. The molecule has 0 atom stereocenters. The Morgan fingerprint density at radius 3 is 2.25 bits per heavy atom. The van der Waals surface area contributed by atoms with E-state index in [9.17, 15) is 25.0 Å². The largest absolute Gasteiger partial charge is 0.377 e. The van der Waals surface area contributed by atoms with Gasteiger partial charge in [0, 0.05) is 12.1 Å². The lowest BCUT2D eigenvalue weighted by Crippen LogP contribution is -2.31. The number of carbonyl (C=O) groups is 1. The van der Waals surface area contributed by atoms with E-state index in [2.05, 4.69) is 5.32 Å². The zero-order valence-electron chi connectivity index (χ0n) is 10.7. The van der Waals surface area contributed by atoms with Gasteiger partial charge in [-0.2, -0.15) is 0 Å². The van der Waals surface area contributed by atoms with E-state index in [1.807, 2.05) is 0 Å². The Balaban J connectivity index is 3.61. The molecule has 0 aliphatic heterocycles. The molecule has 0 radical (unpaired) electrons. The first-order chi connectivity index (χ1) is 9.27. The second-order valence-electron chi connectivity index (χ2n) is 4.17. The van der Waals surface area contributed by atoms with Crippen LogP contribution in [0.25, 0.3) is 0 Å². The minimum atomic E-state index is -0.861. The van der Waals surface area contributed by atoms with E-state index in [1.165, 1.54) is 0 Å². The Morgan fingerprint density at radius 1 is 1.25 bits per heavy atom. The number of nitrogens with one attached hydrogen (secondary N) is 2. The van der Waals surface area contributed by atoms with Crippen molar-refractivity contribution in [2.24, 2.45) is 5.84 Å². The van der Waals surface area contributed by atoms with Crippen LogP contribution >= 0.6 is 0 Å². The van der Waals surface area contributed by atoms with Crippen LogP contribution in [0.5, 0.6) is 0 Å². The van der Waals surface area contributed by atoms with Crippen molar-refractivity contribution < 1.29 is 14.6 Å². The van der Waals surface area contributed by atoms with Crippen molar-refractivity contribution in [3.63, 3.8) is 0 Å². The maximum absolute atomic E-state index is 11.6. The van der Waals surface area contributed by atoms with Gasteiger partial charge in [-0.1, -0.05) is 0 Å². The zero-order valence-corrected chi connectivity index (χ0v) is 10.7. The molecule has 10 heteroatoms. The molecule has 0 saturated carbocycles. The van der Waals surface area contributed by atoms with E-state index in [0.717, 1.165) is 12.1 Å². The van der Waals surface area contributed by atoms with Gasteiger partial charge < -0.3 is 5.32 Å². The summed E-state index contributed by atoms with van der Waals surface area (Å²) in [5.74, 6) is 4.13. The van der Waals surface area contributed by atoms with Crippen molar-refractivity contribution in [1.82, 2.24) is 5.43 Å². The molecule has 0 aliphatic carbocycles. The van der Waals surface area contributed by atoms with Crippen LogP contribution in [0.15, 0.2) is 12.1 Å². The minimum Gasteiger partial charge on any atom is -0.377 e. The number of nitro groups is 2. The number of nitro benzene ring substituents is 2.